The number of carbonyl (C=O) groups is 2. The minimum absolute atomic E-state index is 0.0829. The molecule has 0 unspecified atom stereocenters. The number of rotatable bonds is 7. The number of benzene rings is 2. The molecule has 126 valence electrons. The van der Waals surface area contributed by atoms with Gasteiger partial charge in [-0.25, -0.2) is 0 Å². The molecule has 0 aliphatic rings. The molecule has 0 saturated carbocycles. The van der Waals surface area contributed by atoms with Crippen molar-refractivity contribution in [2.24, 2.45) is 0 Å². The Hall–Kier alpha value is -2.82. The zero-order chi connectivity index (χ0) is 17.4. The second-order valence-corrected chi connectivity index (χ2v) is 5.82. The predicted molar refractivity (Wildman–Crippen MR) is 95.8 cm³/mol. The molecule has 24 heavy (non-hydrogen) atoms. The third-order valence-corrected chi connectivity index (χ3v) is 3.35. The molecule has 0 heterocycles. The molecule has 3 N–H and O–H groups in total. The van der Waals surface area contributed by atoms with Gasteiger partial charge in [-0.3, -0.25) is 9.59 Å². The number of hydrogen-bond acceptors (Lipinski definition) is 3. The Morgan fingerprint density at radius 2 is 1.62 bits per heavy atom. The molecule has 0 radical (unpaired) electrons. The van der Waals surface area contributed by atoms with Gasteiger partial charge in [0.1, 0.15) is 0 Å². The highest BCUT2D eigenvalue weighted by atomic mass is 16.2. The molecule has 0 atom stereocenters. The van der Waals surface area contributed by atoms with Crippen LogP contribution in [0.15, 0.2) is 54.6 Å². The summed E-state index contributed by atoms with van der Waals surface area (Å²) in [5, 5.41) is 8.74. The van der Waals surface area contributed by atoms with Crippen LogP contribution in [0.25, 0.3) is 0 Å². The van der Waals surface area contributed by atoms with Gasteiger partial charge >= 0.3 is 0 Å². The summed E-state index contributed by atoms with van der Waals surface area (Å²) in [7, 11) is 0. The highest BCUT2D eigenvalue weighted by Crippen LogP contribution is 2.09. The summed E-state index contributed by atoms with van der Waals surface area (Å²) < 4.78 is 0. The smallest absolute Gasteiger partial charge is 0.251 e. The molecular weight excluding hydrogens is 302 g/mol. The molecule has 0 bridgehead atoms. The fourth-order valence-electron chi connectivity index (χ4n) is 2.13. The molecule has 2 aromatic carbocycles. The van der Waals surface area contributed by atoms with Gasteiger partial charge in [0.2, 0.25) is 5.91 Å². The lowest BCUT2D eigenvalue weighted by atomic mass is 10.2. The van der Waals surface area contributed by atoms with Crippen LogP contribution in [0.3, 0.4) is 0 Å². The van der Waals surface area contributed by atoms with Crippen LogP contribution in [0.4, 0.5) is 5.69 Å². The van der Waals surface area contributed by atoms with E-state index in [1.807, 2.05) is 44.2 Å². The first kappa shape index (κ1) is 17.5. The van der Waals surface area contributed by atoms with Gasteiger partial charge in [-0.1, -0.05) is 30.3 Å². The monoisotopic (exact) mass is 325 g/mol. The third kappa shape index (κ3) is 5.76. The molecule has 2 aromatic rings. The molecule has 0 saturated heterocycles. The Morgan fingerprint density at radius 3 is 2.25 bits per heavy atom. The fraction of sp³-hybridized carbons (Fsp3) is 0.263. The Labute approximate surface area is 142 Å². The van der Waals surface area contributed by atoms with Gasteiger partial charge in [0.25, 0.3) is 5.91 Å². The Kier molecular flexibility index (Phi) is 6.37. The van der Waals surface area contributed by atoms with E-state index in [0.717, 1.165) is 11.3 Å². The van der Waals surface area contributed by atoms with Crippen LogP contribution in [-0.2, 0) is 11.3 Å². The highest BCUT2D eigenvalue weighted by molar-refractivity contribution is 5.94. The lowest BCUT2D eigenvalue weighted by molar-refractivity contribution is -0.119. The van der Waals surface area contributed by atoms with E-state index >= 15 is 0 Å². The van der Waals surface area contributed by atoms with Gasteiger partial charge in [-0.05, 0) is 43.7 Å². The summed E-state index contributed by atoms with van der Waals surface area (Å²) in [6.07, 6.45) is 0. The van der Waals surface area contributed by atoms with Crippen molar-refractivity contribution in [2.45, 2.75) is 26.4 Å². The van der Waals surface area contributed by atoms with Crippen molar-refractivity contribution in [3.8, 4) is 0 Å². The van der Waals surface area contributed by atoms with Gasteiger partial charge in [-0.15, -0.1) is 0 Å². The first-order valence-corrected chi connectivity index (χ1v) is 8.00. The first-order valence-electron chi connectivity index (χ1n) is 8.00. The van der Waals surface area contributed by atoms with Crippen LogP contribution in [0.5, 0.6) is 0 Å². The van der Waals surface area contributed by atoms with Crippen LogP contribution in [0.1, 0.15) is 29.8 Å². The van der Waals surface area contributed by atoms with E-state index in [2.05, 4.69) is 16.0 Å². The molecule has 5 heteroatoms. The Bertz CT molecular complexity index is 667. The summed E-state index contributed by atoms with van der Waals surface area (Å²) in [4.78, 5) is 23.7. The van der Waals surface area contributed by atoms with E-state index in [0.29, 0.717) is 12.1 Å². The molecule has 0 aliphatic carbocycles. The predicted octanol–water partition coefficient (Wildman–Crippen LogP) is 2.55. The van der Waals surface area contributed by atoms with E-state index in [9.17, 15) is 9.59 Å². The fourth-order valence-corrected chi connectivity index (χ4v) is 2.13. The van der Waals surface area contributed by atoms with Crippen LogP contribution >= 0.6 is 0 Å². The summed E-state index contributed by atoms with van der Waals surface area (Å²) >= 11 is 0. The lowest BCUT2D eigenvalue weighted by Gasteiger charge is -2.10. The maximum absolute atomic E-state index is 11.9. The van der Waals surface area contributed by atoms with Crippen molar-refractivity contribution >= 4 is 17.5 Å². The van der Waals surface area contributed by atoms with Gasteiger partial charge in [0.05, 0.1) is 6.54 Å². The highest BCUT2D eigenvalue weighted by Gasteiger charge is 2.07. The largest absolute Gasteiger partial charge is 0.376 e. The number of anilines is 1. The van der Waals surface area contributed by atoms with E-state index in [4.69, 9.17) is 0 Å². The first-order chi connectivity index (χ1) is 11.5. The number of nitrogens with one attached hydrogen (secondary N) is 3. The maximum atomic E-state index is 11.9. The van der Waals surface area contributed by atoms with Gasteiger partial charge in [0.15, 0.2) is 0 Å². The summed E-state index contributed by atoms with van der Waals surface area (Å²) in [5.74, 6) is -0.183. The molecule has 2 rings (SSSR count). The van der Waals surface area contributed by atoms with Crippen molar-refractivity contribution in [1.29, 1.82) is 0 Å². The van der Waals surface area contributed by atoms with Crippen molar-refractivity contribution < 1.29 is 9.59 Å². The number of carbonyl (C=O) groups excluding carboxylic acids is 2. The van der Waals surface area contributed by atoms with E-state index in [1.54, 1.807) is 24.3 Å². The van der Waals surface area contributed by atoms with E-state index < -0.39 is 0 Å². The molecule has 0 aromatic heterocycles. The number of hydrogen-bond donors (Lipinski definition) is 3. The lowest BCUT2D eigenvalue weighted by Crippen LogP contribution is -2.30. The van der Waals surface area contributed by atoms with E-state index in [-0.39, 0.29) is 24.4 Å². The quantitative estimate of drug-likeness (QED) is 0.733. The third-order valence-electron chi connectivity index (χ3n) is 3.35. The number of amides is 2. The SMILES string of the molecule is CC(C)NC(=O)c1ccc(NCC(=O)NCc2ccccc2)cc1. The van der Waals surface area contributed by atoms with Crippen LogP contribution < -0.4 is 16.0 Å². The summed E-state index contributed by atoms with van der Waals surface area (Å²) in [6.45, 7) is 4.53. The van der Waals surface area contributed by atoms with Crippen molar-refractivity contribution in [1.82, 2.24) is 10.6 Å². The zero-order valence-electron chi connectivity index (χ0n) is 14.0. The minimum Gasteiger partial charge on any atom is -0.376 e. The summed E-state index contributed by atoms with van der Waals surface area (Å²) in [6, 6.07) is 16.9. The van der Waals surface area contributed by atoms with Gasteiger partial charge in [-0.2, -0.15) is 0 Å². The van der Waals surface area contributed by atoms with Crippen molar-refractivity contribution in [2.75, 3.05) is 11.9 Å². The molecule has 0 aliphatic heterocycles. The van der Waals surface area contributed by atoms with E-state index in [1.165, 1.54) is 0 Å². The van der Waals surface area contributed by atoms with Gasteiger partial charge in [0, 0.05) is 23.8 Å². The molecule has 2 amide bonds. The van der Waals surface area contributed by atoms with Gasteiger partial charge < -0.3 is 16.0 Å². The van der Waals surface area contributed by atoms with Crippen molar-refractivity contribution in [3.05, 3.63) is 65.7 Å². The Morgan fingerprint density at radius 1 is 0.958 bits per heavy atom. The minimum atomic E-state index is -0.0999. The summed E-state index contributed by atoms with van der Waals surface area (Å²) in [5.41, 5.74) is 2.46. The topological polar surface area (TPSA) is 70.2 Å². The molecule has 0 spiro atoms. The zero-order valence-corrected chi connectivity index (χ0v) is 14.0. The molecule has 0 fully saturated rings. The van der Waals surface area contributed by atoms with Crippen LogP contribution in [0, 0.1) is 0 Å². The maximum Gasteiger partial charge on any atom is 0.251 e. The van der Waals surface area contributed by atoms with Crippen LogP contribution in [-0.4, -0.2) is 24.4 Å². The average Bonchev–Trinajstić information content (AvgIpc) is 2.59. The standard InChI is InChI=1S/C19H23N3O2/c1-14(2)22-19(24)16-8-10-17(11-9-16)20-13-18(23)21-12-15-6-4-3-5-7-15/h3-11,14,20H,12-13H2,1-2H3,(H,21,23)(H,22,24). The van der Waals surface area contributed by atoms with Crippen LogP contribution in [0.2, 0.25) is 0 Å². The van der Waals surface area contributed by atoms with Crippen molar-refractivity contribution in [3.63, 3.8) is 0 Å². The average molecular weight is 325 g/mol. The molecule has 5 nitrogen and oxygen atoms in total. The molecular formula is C19H23N3O2. The second kappa shape index (κ2) is 8.72. The normalized spacial score (nSPS) is 10.3. The second-order valence-electron chi connectivity index (χ2n) is 5.82. The Balaban J connectivity index is 1.77.